The van der Waals surface area contributed by atoms with E-state index in [0.717, 1.165) is 11.1 Å². The minimum atomic E-state index is -0.131. The minimum absolute atomic E-state index is 0. The van der Waals surface area contributed by atoms with E-state index < -0.39 is 0 Å². The molecule has 0 atom stereocenters. The van der Waals surface area contributed by atoms with Crippen LogP contribution in [-0.2, 0) is 4.74 Å². The smallest absolute Gasteiger partial charge is 0.282 e. The Labute approximate surface area is 125 Å². The topological polar surface area (TPSA) is 47.6 Å². The predicted octanol–water partition coefficient (Wildman–Crippen LogP) is 3.55. The van der Waals surface area contributed by atoms with Gasteiger partial charge in [-0.15, -0.1) is 12.4 Å². The second-order valence-corrected chi connectivity index (χ2v) is 4.12. The van der Waals surface area contributed by atoms with Gasteiger partial charge in [0.25, 0.3) is 6.02 Å². The van der Waals surface area contributed by atoms with Gasteiger partial charge in [0.2, 0.25) is 0 Å². The molecule has 0 saturated heterocycles. The van der Waals surface area contributed by atoms with Crippen molar-refractivity contribution in [3.8, 4) is 0 Å². The molecule has 4 heteroatoms. The van der Waals surface area contributed by atoms with E-state index >= 15 is 0 Å². The lowest BCUT2D eigenvalue weighted by molar-refractivity contribution is 0.319. The summed E-state index contributed by atoms with van der Waals surface area (Å²) in [6.07, 6.45) is 0. The van der Waals surface area contributed by atoms with E-state index in [0.29, 0.717) is 6.61 Å². The molecular formula is C16H19ClN2O. The summed E-state index contributed by atoms with van der Waals surface area (Å²) >= 11 is 0. The zero-order chi connectivity index (χ0) is 13.5. The van der Waals surface area contributed by atoms with Crippen molar-refractivity contribution in [3.63, 3.8) is 0 Å². The molecule has 0 aromatic heterocycles. The van der Waals surface area contributed by atoms with E-state index in [9.17, 15) is 0 Å². The van der Waals surface area contributed by atoms with Gasteiger partial charge in [-0.25, -0.2) is 4.99 Å². The van der Waals surface area contributed by atoms with Gasteiger partial charge in [0.05, 0.1) is 6.61 Å². The van der Waals surface area contributed by atoms with Crippen molar-refractivity contribution in [2.75, 3.05) is 6.61 Å². The highest BCUT2D eigenvalue weighted by molar-refractivity contribution is 5.85. The van der Waals surface area contributed by atoms with Crippen LogP contribution in [0.4, 0.5) is 0 Å². The number of benzene rings is 2. The maximum absolute atomic E-state index is 5.79. The number of hydrogen-bond acceptors (Lipinski definition) is 2. The van der Waals surface area contributed by atoms with Crippen LogP contribution >= 0.6 is 12.4 Å². The van der Waals surface area contributed by atoms with Gasteiger partial charge in [-0.1, -0.05) is 60.7 Å². The van der Waals surface area contributed by atoms with Crippen molar-refractivity contribution in [1.82, 2.24) is 0 Å². The molecule has 2 aromatic carbocycles. The Morgan fingerprint density at radius 1 is 1.00 bits per heavy atom. The molecular weight excluding hydrogens is 272 g/mol. The van der Waals surface area contributed by atoms with Crippen LogP contribution in [0.5, 0.6) is 0 Å². The Kier molecular flexibility index (Phi) is 6.60. The summed E-state index contributed by atoms with van der Waals surface area (Å²) in [4.78, 5) is 4.48. The van der Waals surface area contributed by atoms with Crippen molar-refractivity contribution < 1.29 is 4.74 Å². The maximum atomic E-state index is 5.79. The first kappa shape index (κ1) is 16.1. The van der Waals surface area contributed by atoms with E-state index in [1.807, 2.05) is 67.6 Å². The maximum Gasteiger partial charge on any atom is 0.282 e. The second kappa shape index (κ2) is 8.23. The molecule has 0 radical (unpaired) electrons. The number of hydrogen-bond donors (Lipinski definition) is 1. The molecule has 0 saturated carbocycles. The van der Waals surface area contributed by atoms with Crippen LogP contribution in [0.1, 0.15) is 24.1 Å². The Hall–Kier alpha value is -2.00. The summed E-state index contributed by atoms with van der Waals surface area (Å²) in [5, 5.41) is 0. The third kappa shape index (κ3) is 4.28. The monoisotopic (exact) mass is 290 g/mol. The molecule has 0 aliphatic carbocycles. The van der Waals surface area contributed by atoms with E-state index in [4.69, 9.17) is 10.5 Å². The largest absolute Gasteiger partial charge is 0.466 e. The van der Waals surface area contributed by atoms with Crippen LogP contribution in [0, 0.1) is 0 Å². The Morgan fingerprint density at radius 3 is 1.85 bits per heavy atom. The van der Waals surface area contributed by atoms with E-state index in [2.05, 4.69) is 4.99 Å². The van der Waals surface area contributed by atoms with Gasteiger partial charge in [-0.2, -0.15) is 0 Å². The number of nitrogens with two attached hydrogens (primary N) is 1. The van der Waals surface area contributed by atoms with Crippen LogP contribution in [0.3, 0.4) is 0 Å². The number of nitrogens with zero attached hydrogens (tertiary/aromatic N) is 1. The van der Waals surface area contributed by atoms with Crippen LogP contribution in [-0.4, -0.2) is 12.6 Å². The number of ether oxygens (including phenoxy) is 1. The molecule has 0 heterocycles. The summed E-state index contributed by atoms with van der Waals surface area (Å²) in [6, 6.07) is 20.2. The zero-order valence-corrected chi connectivity index (χ0v) is 12.2. The summed E-state index contributed by atoms with van der Waals surface area (Å²) in [5.41, 5.74) is 7.98. The molecule has 0 unspecified atom stereocenters. The van der Waals surface area contributed by atoms with Crippen molar-refractivity contribution in [2.24, 2.45) is 10.7 Å². The molecule has 20 heavy (non-hydrogen) atoms. The molecule has 0 bridgehead atoms. The predicted molar refractivity (Wildman–Crippen MR) is 85.2 cm³/mol. The van der Waals surface area contributed by atoms with Gasteiger partial charge in [-0.3, -0.25) is 0 Å². The summed E-state index contributed by atoms with van der Waals surface area (Å²) in [7, 11) is 0. The first-order valence-corrected chi connectivity index (χ1v) is 6.37. The quantitative estimate of drug-likeness (QED) is 0.691. The third-order valence-electron chi connectivity index (χ3n) is 2.78. The average molecular weight is 291 g/mol. The first-order valence-electron chi connectivity index (χ1n) is 6.37. The molecule has 3 nitrogen and oxygen atoms in total. The highest BCUT2D eigenvalue weighted by Gasteiger charge is 2.13. The third-order valence-corrected chi connectivity index (χ3v) is 2.78. The van der Waals surface area contributed by atoms with Crippen LogP contribution in [0.25, 0.3) is 0 Å². The molecule has 0 spiro atoms. The van der Waals surface area contributed by atoms with Gasteiger partial charge in [-0.05, 0) is 18.1 Å². The molecule has 0 aliphatic heterocycles. The van der Waals surface area contributed by atoms with Gasteiger partial charge in [0, 0.05) is 0 Å². The zero-order valence-electron chi connectivity index (χ0n) is 11.4. The standard InChI is InChI=1S/C16H18N2O.ClH/c1-2-19-16(17)18-15(13-9-5-3-6-10-13)14-11-7-4-8-12-14;/h3-12,15H,2H2,1H3,(H2,17,18);1H. The lowest BCUT2D eigenvalue weighted by Crippen LogP contribution is -2.18. The number of halogens is 1. The Bertz CT molecular complexity index is 489. The van der Waals surface area contributed by atoms with E-state index in [1.54, 1.807) is 0 Å². The lowest BCUT2D eigenvalue weighted by atomic mass is 9.99. The van der Waals surface area contributed by atoms with Crippen molar-refractivity contribution in [1.29, 1.82) is 0 Å². The Morgan fingerprint density at radius 2 is 1.45 bits per heavy atom. The van der Waals surface area contributed by atoms with E-state index in [1.165, 1.54) is 0 Å². The normalized spacial score (nSPS) is 11.0. The number of amidine groups is 1. The van der Waals surface area contributed by atoms with Crippen LogP contribution in [0.15, 0.2) is 65.7 Å². The SMILES string of the molecule is CCOC(N)=NC(c1ccccc1)c1ccccc1.Cl. The summed E-state index contributed by atoms with van der Waals surface area (Å²) < 4.78 is 5.24. The molecule has 2 aromatic rings. The number of aliphatic imine (C=N–C) groups is 1. The fraction of sp³-hybridized carbons (Fsp3) is 0.188. The summed E-state index contributed by atoms with van der Waals surface area (Å²) in [5.74, 6) is 0. The fourth-order valence-electron chi connectivity index (χ4n) is 1.92. The van der Waals surface area contributed by atoms with Gasteiger partial charge >= 0.3 is 0 Å². The summed E-state index contributed by atoms with van der Waals surface area (Å²) in [6.45, 7) is 2.41. The highest BCUT2D eigenvalue weighted by Crippen LogP contribution is 2.25. The number of rotatable bonds is 4. The lowest BCUT2D eigenvalue weighted by Gasteiger charge is -2.14. The van der Waals surface area contributed by atoms with Crippen molar-refractivity contribution in [3.05, 3.63) is 71.8 Å². The average Bonchev–Trinajstić information content (AvgIpc) is 2.47. The minimum Gasteiger partial charge on any atom is -0.466 e. The molecule has 0 fully saturated rings. The molecule has 0 amide bonds. The molecule has 2 N–H and O–H groups in total. The Balaban J connectivity index is 0.00000200. The van der Waals surface area contributed by atoms with Gasteiger partial charge < -0.3 is 10.5 Å². The van der Waals surface area contributed by atoms with Crippen LogP contribution < -0.4 is 5.73 Å². The van der Waals surface area contributed by atoms with Gasteiger partial charge in [0.1, 0.15) is 6.04 Å². The molecule has 2 rings (SSSR count). The van der Waals surface area contributed by atoms with Crippen LogP contribution in [0.2, 0.25) is 0 Å². The highest BCUT2D eigenvalue weighted by atomic mass is 35.5. The second-order valence-electron chi connectivity index (χ2n) is 4.12. The van der Waals surface area contributed by atoms with Crippen molar-refractivity contribution >= 4 is 18.4 Å². The first-order chi connectivity index (χ1) is 9.31. The van der Waals surface area contributed by atoms with Gasteiger partial charge in [0.15, 0.2) is 0 Å². The van der Waals surface area contributed by atoms with E-state index in [-0.39, 0.29) is 24.5 Å². The fourth-order valence-corrected chi connectivity index (χ4v) is 1.92. The van der Waals surface area contributed by atoms with Crippen molar-refractivity contribution in [2.45, 2.75) is 13.0 Å². The molecule has 106 valence electrons. The molecule has 0 aliphatic rings.